The van der Waals surface area contributed by atoms with Crippen LogP contribution < -0.4 is 14.9 Å². The highest BCUT2D eigenvalue weighted by molar-refractivity contribution is 5.86. The first-order valence-corrected chi connectivity index (χ1v) is 7.93. The highest BCUT2D eigenvalue weighted by atomic mass is 16.5. The molecule has 2 aromatic rings. The minimum atomic E-state index is -0.0788. The predicted octanol–water partition coefficient (Wildman–Crippen LogP) is 2.91. The van der Waals surface area contributed by atoms with Crippen LogP contribution in [0, 0.1) is 0 Å². The van der Waals surface area contributed by atoms with E-state index in [1.54, 1.807) is 13.3 Å². The van der Waals surface area contributed by atoms with E-state index in [9.17, 15) is 4.79 Å². The number of hydrogen-bond donors (Lipinski definition) is 1. The normalized spacial score (nSPS) is 16.5. The van der Waals surface area contributed by atoms with Gasteiger partial charge in [0.05, 0.1) is 13.7 Å². The summed E-state index contributed by atoms with van der Waals surface area (Å²) in [6.07, 6.45) is 2.96. The van der Waals surface area contributed by atoms with Gasteiger partial charge in [0, 0.05) is 25.0 Å². The Hall–Kier alpha value is -2.82. The first-order chi connectivity index (χ1) is 11.8. The lowest BCUT2D eigenvalue weighted by Gasteiger charge is -2.18. The van der Waals surface area contributed by atoms with Crippen molar-refractivity contribution in [1.82, 2.24) is 5.43 Å². The second kappa shape index (κ2) is 7.64. The fraction of sp³-hybridized carbons (Fsp3) is 0.263. The number of nitrogens with one attached hydrogen (secondary N) is 1. The highest BCUT2D eigenvalue weighted by Crippen LogP contribution is 2.32. The van der Waals surface area contributed by atoms with Crippen molar-refractivity contribution in [3.63, 3.8) is 0 Å². The maximum Gasteiger partial charge on any atom is 0.241 e. The van der Waals surface area contributed by atoms with Gasteiger partial charge in [-0.2, -0.15) is 5.10 Å². The van der Waals surface area contributed by atoms with Gasteiger partial charge in [-0.1, -0.05) is 36.4 Å². The van der Waals surface area contributed by atoms with E-state index in [1.165, 1.54) is 5.56 Å². The number of carbonyl (C=O) groups is 1. The second-order valence-electron chi connectivity index (χ2n) is 5.62. The quantitative estimate of drug-likeness (QED) is 0.889. The average Bonchev–Trinajstić information content (AvgIpc) is 2.62. The van der Waals surface area contributed by atoms with Crippen LogP contribution in [0.4, 0.5) is 0 Å². The zero-order chi connectivity index (χ0) is 16.8. The molecule has 0 saturated carbocycles. The van der Waals surface area contributed by atoms with Crippen LogP contribution in [-0.2, 0) is 11.2 Å². The molecule has 0 radical (unpaired) electrons. The molecular formula is C19H20N2O3. The molecule has 1 unspecified atom stereocenters. The first kappa shape index (κ1) is 16.1. The lowest BCUT2D eigenvalue weighted by atomic mass is 9.95. The van der Waals surface area contributed by atoms with Crippen molar-refractivity contribution >= 4 is 12.1 Å². The van der Waals surface area contributed by atoms with Crippen LogP contribution in [0.1, 0.15) is 23.5 Å². The molecule has 24 heavy (non-hydrogen) atoms. The van der Waals surface area contributed by atoms with E-state index in [-0.39, 0.29) is 11.8 Å². The van der Waals surface area contributed by atoms with Crippen LogP contribution >= 0.6 is 0 Å². The molecule has 0 saturated heterocycles. The predicted molar refractivity (Wildman–Crippen MR) is 92.6 cm³/mol. The van der Waals surface area contributed by atoms with Gasteiger partial charge in [0.25, 0.3) is 0 Å². The summed E-state index contributed by atoms with van der Waals surface area (Å²) >= 11 is 0. The lowest BCUT2D eigenvalue weighted by molar-refractivity contribution is -0.121. The molecule has 0 bridgehead atoms. The van der Waals surface area contributed by atoms with Gasteiger partial charge in [0.1, 0.15) is 0 Å². The molecule has 1 aliphatic heterocycles. The van der Waals surface area contributed by atoms with E-state index < -0.39 is 0 Å². The maximum atomic E-state index is 11.5. The van der Waals surface area contributed by atoms with Crippen molar-refractivity contribution in [2.75, 3.05) is 13.7 Å². The Morgan fingerprint density at radius 1 is 1.17 bits per heavy atom. The number of hydrazone groups is 1. The Labute approximate surface area is 141 Å². The number of carbonyl (C=O) groups excluding carboxylic acids is 1. The molecule has 5 heteroatoms. The number of ether oxygens (including phenoxy) is 2. The summed E-state index contributed by atoms with van der Waals surface area (Å²) in [5.41, 5.74) is 4.66. The summed E-state index contributed by atoms with van der Waals surface area (Å²) in [6, 6.07) is 15.9. The van der Waals surface area contributed by atoms with E-state index in [1.807, 2.05) is 36.4 Å². The molecular weight excluding hydrogens is 304 g/mol. The Balaban J connectivity index is 1.71. The van der Waals surface area contributed by atoms with Gasteiger partial charge < -0.3 is 9.47 Å². The van der Waals surface area contributed by atoms with Gasteiger partial charge in [-0.05, 0) is 23.3 Å². The van der Waals surface area contributed by atoms with Crippen molar-refractivity contribution < 1.29 is 14.3 Å². The molecule has 1 heterocycles. The molecule has 3 rings (SSSR count). The van der Waals surface area contributed by atoms with Crippen LogP contribution in [0.15, 0.2) is 53.6 Å². The summed E-state index contributed by atoms with van der Waals surface area (Å²) < 4.78 is 11.3. The molecule has 1 N–H and O–H groups in total. The number of nitrogens with zero attached hydrogens (tertiary/aromatic N) is 1. The van der Waals surface area contributed by atoms with Gasteiger partial charge >= 0.3 is 0 Å². The van der Waals surface area contributed by atoms with E-state index in [4.69, 9.17) is 9.47 Å². The largest absolute Gasteiger partial charge is 0.493 e. The van der Waals surface area contributed by atoms with E-state index in [2.05, 4.69) is 22.7 Å². The number of amides is 1. The summed E-state index contributed by atoms with van der Waals surface area (Å²) in [5, 5.41) is 3.89. The zero-order valence-corrected chi connectivity index (χ0v) is 13.6. The van der Waals surface area contributed by atoms with Gasteiger partial charge in [-0.3, -0.25) is 4.79 Å². The molecule has 0 spiro atoms. The molecule has 124 valence electrons. The number of benzene rings is 2. The standard InChI is InChI=1S/C19H20N2O3/c1-23-17-8-7-15(16-12-19(22)21-20-13-16)11-18(17)24-10-9-14-5-3-2-4-6-14/h2-8,11,13,16H,9-10,12H2,1H3,(H,21,22). The van der Waals surface area contributed by atoms with E-state index >= 15 is 0 Å². The van der Waals surface area contributed by atoms with E-state index in [0.29, 0.717) is 24.5 Å². The summed E-state index contributed by atoms with van der Waals surface area (Å²) in [7, 11) is 1.62. The fourth-order valence-electron chi connectivity index (χ4n) is 2.66. The third kappa shape index (κ3) is 3.93. The second-order valence-corrected chi connectivity index (χ2v) is 5.62. The number of rotatable bonds is 6. The van der Waals surface area contributed by atoms with E-state index in [0.717, 1.165) is 12.0 Å². The van der Waals surface area contributed by atoms with Crippen molar-refractivity contribution in [1.29, 1.82) is 0 Å². The van der Waals surface area contributed by atoms with Crippen molar-refractivity contribution in [2.24, 2.45) is 5.10 Å². The SMILES string of the molecule is COc1ccc(C2C=NNC(=O)C2)cc1OCCc1ccccc1. The minimum Gasteiger partial charge on any atom is -0.493 e. The molecule has 1 aliphatic rings. The topological polar surface area (TPSA) is 59.9 Å². The third-order valence-corrected chi connectivity index (χ3v) is 3.96. The van der Waals surface area contributed by atoms with Gasteiger partial charge in [0.2, 0.25) is 5.91 Å². The fourth-order valence-corrected chi connectivity index (χ4v) is 2.66. The minimum absolute atomic E-state index is 0.0406. The molecule has 5 nitrogen and oxygen atoms in total. The highest BCUT2D eigenvalue weighted by Gasteiger charge is 2.19. The van der Waals surface area contributed by atoms with Gasteiger partial charge in [0.15, 0.2) is 11.5 Å². The van der Waals surface area contributed by atoms with Crippen LogP contribution in [0.3, 0.4) is 0 Å². The maximum absolute atomic E-state index is 11.5. The Kier molecular flexibility index (Phi) is 5.11. The van der Waals surface area contributed by atoms with Gasteiger partial charge in [-0.25, -0.2) is 5.43 Å². The first-order valence-electron chi connectivity index (χ1n) is 7.93. The van der Waals surface area contributed by atoms with Crippen LogP contribution in [0.5, 0.6) is 11.5 Å². The molecule has 1 amide bonds. The lowest BCUT2D eigenvalue weighted by Crippen LogP contribution is -2.26. The molecule has 0 fully saturated rings. The summed E-state index contributed by atoms with van der Waals surface area (Å²) in [6.45, 7) is 0.559. The molecule has 0 aromatic heterocycles. The zero-order valence-electron chi connectivity index (χ0n) is 13.6. The van der Waals surface area contributed by atoms with Crippen LogP contribution in [-0.4, -0.2) is 25.8 Å². The summed E-state index contributed by atoms with van der Waals surface area (Å²) in [5.74, 6) is 1.25. The molecule has 2 aromatic carbocycles. The third-order valence-electron chi connectivity index (χ3n) is 3.96. The van der Waals surface area contributed by atoms with Gasteiger partial charge in [-0.15, -0.1) is 0 Å². The number of methoxy groups -OCH3 is 1. The summed E-state index contributed by atoms with van der Waals surface area (Å²) in [4.78, 5) is 11.5. The monoisotopic (exact) mass is 324 g/mol. The number of hydrogen-bond acceptors (Lipinski definition) is 4. The Bertz CT molecular complexity index is 729. The Morgan fingerprint density at radius 3 is 2.75 bits per heavy atom. The molecule has 1 atom stereocenters. The average molecular weight is 324 g/mol. The van der Waals surface area contributed by atoms with Crippen LogP contribution in [0.2, 0.25) is 0 Å². The smallest absolute Gasteiger partial charge is 0.241 e. The van der Waals surface area contributed by atoms with Crippen LogP contribution in [0.25, 0.3) is 0 Å². The van der Waals surface area contributed by atoms with Crippen molar-refractivity contribution in [3.8, 4) is 11.5 Å². The van der Waals surface area contributed by atoms with Crippen molar-refractivity contribution in [2.45, 2.75) is 18.8 Å². The van der Waals surface area contributed by atoms with Crippen molar-refractivity contribution in [3.05, 3.63) is 59.7 Å². The molecule has 0 aliphatic carbocycles. The Morgan fingerprint density at radius 2 is 2.00 bits per heavy atom.